The van der Waals surface area contributed by atoms with E-state index in [1.54, 1.807) is 0 Å². The Kier molecular flexibility index (Phi) is 2.09. The maximum absolute atomic E-state index is 12.8. The molecule has 0 aliphatic rings. The molecule has 0 saturated heterocycles. The lowest BCUT2D eigenvalue weighted by Gasteiger charge is -2.12. The number of hydrogen-bond acceptors (Lipinski definition) is 0. The highest BCUT2D eigenvalue weighted by Gasteiger charge is 2.27. The lowest BCUT2D eigenvalue weighted by molar-refractivity contribution is 0.0164. The van der Waals surface area contributed by atoms with Gasteiger partial charge in [0.05, 0.1) is 1.37 Å². The van der Waals surface area contributed by atoms with E-state index in [0.717, 1.165) is 6.07 Å². The number of benzene rings is 1. The van der Waals surface area contributed by atoms with Crippen LogP contribution in [0.2, 0.25) is 0 Å². The van der Waals surface area contributed by atoms with Crippen LogP contribution in [0.3, 0.4) is 0 Å². The van der Waals surface area contributed by atoms with Gasteiger partial charge < -0.3 is 0 Å². The van der Waals surface area contributed by atoms with E-state index in [-0.39, 0.29) is 4.47 Å². The third-order valence-corrected chi connectivity index (χ3v) is 1.99. The van der Waals surface area contributed by atoms with Gasteiger partial charge in [0, 0.05) is 17.0 Å². The van der Waals surface area contributed by atoms with Crippen molar-refractivity contribution in [1.82, 2.24) is 0 Å². The molecule has 12 heavy (non-hydrogen) atoms. The molecule has 1 rings (SSSR count). The second kappa shape index (κ2) is 3.09. The van der Waals surface area contributed by atoms with E-state index < -0.39 is 23.3 Å². The first-order chi connectivity index (χ1) is 5.82. The van der Waals surface area contributed by atoms with Crippen LogP contribution in [-0.2, 0) is 5.92 Å². The molecule has 0 saturated carbocycles. The molecule has 0 fully saturated rings. The molecule has 0 aliphatic carbocycles. The van der Waals surface area contributed by atoms with Crippen LogP contribution in [0.4, 0.5) is 13.2 Å². The van der Waals surface area contributed by atoms with Crippen molar-refractivity contribution >= 4 is 15.9 Å². The summed E-state index contributed by atoms with van der Waals surface area (Å²) in [6.45, 7) is 0.677. The fourth-order valence-electron chi connectivity index (χ4n) is 0.784. The third-order valence-electron chi connectivity index (χ3n) is 1.34. The van der Waals surface area contributed by atoms with E-state index >= 15 is 0 Å². The fourth-order valence-corrected chi connectivity index (χ4v) is 1.36. The van der Waals surface area contributed by atoms with Crippen LogP contribution < -0.4 is 0 Å². The predicted molar refractivity (Wildman–Crippen MR) is 43.7 cm³/mol. The van der Waals surface area contributed by atoms with Crippen molar-refractivity contribution in [2.45, 2.75) is 12.8 Å². The average molecular weight is 240 g/mol. The molecule has 0 N–H and O–H groups in total. The molecule has 0 radical (unpaired) electrons. The van der Waals surface area contributed by atoms with Crippen LogP contribution in [-0.4, -0.2) is 0 Å². The summed E-state index contributed by atoms with van der Waals surface area (Å²) in [4.78, 5) is 0. The monoisotopic (exact) mass is 239 g/mol. The fraction of sp³-hybridized carbons (Fsp3) is 0.250. The first-order valence-corrected chi connectivity index (χ1v) is 3.95. The minimum atomic E-state index is -3.10. The highest BCUT2D eigenvalue weighted by atomic mass is 79.9. The largest absolute Gasteiger partial charge is 0.271 e. The Hall–Kier alpha value is -0.510. The zero-order valence-electron chi connectivity index (χ0n) is 7.17. The van der Waals surface area contributed by atoms with Crippen molar-refractivity contribution in [3.05, 3.63) is 34.0 Å². The van der Waals surface area contributed by atoms with Gasteiger partial charge in [-0.15, -0.1) is 0 Å². The zero-order chi connectivity index (χ0) is 10.2. The average Bonchev–Trinajstić information content (AvgIpc) is 1.94. The molecule has 0 heterocycles. The topological polar surface area (TPSA) is 0 Å². The standard InChI is InChI=1S/C8H6BrF3/c1-8(11,12)6-4-5(10)2-3-7(6)9/h2-4H,1H3/i2D. The van der Waals surface area contributed by atoms with E-state index in [4.69, 9.17) is 1.37 Å². The molecule has 0 atom stereocenters. The van der Waals surface area contributed by atoms with Gasteiger partial charge in [-0.1, -0.05) is 15.9 Å². The van der Waals surface area contributed by atoms with Crippen molar-refractivity contribution in [2.75, 3.05) is 0 Å². The first kappa shape index (κ1) is 8.10. The predicted octanol–water partition coefficient (Wildman–Crippen LogP) is 3.70. The van der Waals surface area contributed by atoms with Gasteiger partial charge in [0.2, 0.25) is 0 Å². The maximum atomic E-state index is 12.8. The second-order valence-corrected chi connectivity index (χ2v) is 3.29. The molecule has 0 aromatic heterocycles. The van der Waals surface area contributed by atoms with Gasteiger partial charge in [0.25, 0.3) is 5.92 Å². The number of rotatable bonds is 1. The van der Waals surface area contributed by atoms with Gasteiger partial charge >= 0.3 is 0 Å². The Bertz CT molecular complexity index is 333. The lowest BCUT2D eigenvalue weighted by atomic mass is 10.1. The Morgan fingerprint density at radius 1 is 1.58 bits per heavy atom. The lowest BCUT2D eigenvalue weighted by Crippen LogP contribution is -2.08. The summed E-state index contributed by atoms with van der Waals surface area (Å²) in [5.41, 5.74) is -0.444. The highest BCUT2D eigenvalue weighted by Crippen LogP contribution is 2.33. The van der Waals surface area contributed by atoms with Gasteiger partial charge in [0.15, 0.2) is 0 Å². The molecule has 1 aromatic carbocycles. The van der Waals surface area contributed by atoms with E-state index in [1.807, 2.05) is 0 Å². The van der Waals surface area contributed by atoms with E-state index in [2.05, 4.69) is 15.9 Å². The molecular weight excluding hydrogens is 233 g/mol. The summed E-state index contributed by atoms with van der Waals surface area (Å²) < 4.78 is 45.3. The molecule has 0 amide bonds. The van der Waals surface area contributed by atoms with Gasteiger partial charge in [-0.05, 0) is 18.2 Å². The van der Waals surface area contributed by atoms with Crippen molar-refractivity contribution in [3.63, 3.8) is 0 Å². The summed E-state index contributed by atoms with van der Waals surface area (Å²) in [5.74, 6) is -4.05. The Morgan fingerprint density at radius 2 is 2.17 bits per heavy atom. The summed E-state index contributed by atoms with van der Waals surface area (Å²) >= 11 is 2.85. The Morgan fingerprint density at radius 3 is 2.67 bits per heavy atom. The summed E-state index contributed by atoms with van der Waals surface area (Å²) in [5, 5.41) is 0. The number of halogens is 4. The third kappa shape index (κ3) is 2.00. The van der Waals surface area contributed by atoms with Crippen molar-refractivity contribution in [2.24, 2.45) is 0 Å². The van der Waals surface area contributed by atoms with E-state index in [9.17, 15) is 13.2 Å². The van der Waals surface area contributed by atoms with Gasteiger partial charge in [-0.2, -0.15) is 0 Å². The van der Waals surface area contributed by atoms with Crippen LogP contribution in [0.5, 0.6) is 0 Å². The molecule has 0 spiro atoms. The van der Waals surface area contributed by atoms with Crippen LogP contribution in [0, 0.1) is 5.82 Å². The van der Waals surface area contributed by atoms with E-state index in [0.29, 0.717) is 13.0 Å². The van der Waals surface area contributed by atoms with Gasteiger partial charge in [-0.25, -0.2) is 13.2 Å². The summed E-state index contributed by atoms with van der Waals surface area (Å²) in [6.07, 6.45) is 0. The van der Waals surface area contributed by atoms with Crippen molar-refractivity contribution in [3.8, 4) is 0 Å². The molecule has 0 nitrogen and oxygen atoms in total. The Balaban J connectivity index is 3.32. The summed E-state index contributed by atoms with van der Waals surface area (Å²) in [7, 11) is 0. The van der Waals surface area contributed by atoms with Gasteiger partial charge in [-0.3, -0.25) is 0 Å². The quantitative estimate of drug-likeness (QED) is 0.702. The number of alkyl halides is 2. The highest BCUT2D eigenvalue weighted by molar-refractivity contribution is 9.10. The molecule has 4 heteroatoms. The zero-order valence-corrected chi connectivity index (χ0v) is 7.75. The van der Waals surface area contributed by atoms with Gasteiger partial charge in [0.1, 0.15) is 5.82 Å². The van der Waals surface area contributed by atoms with Crippen molar-refractivity contribution < 1.29 is 14.5 Å². The minimum absolute atomic E-state index is 0.0476. The molecule has 66 valence electrons. The molecule has 1 aromatic rings. The normalized spacial score (nSPS) is 12.9. The van der Waals surface area contributed by atoms with Crippen LogP contribution in [0.25, 0.3) is 0 Å². The SMILES string of the molecule is [2H]c1cc(Br)c(C(C)(F)F)cc1F. The Labute approximate surface area is 77.9 Å². The molecule has 0 aliphatic heterocycles. The minimum Gasteiger partial charge on any atom is -0.207 e. The number of hydrogen-bond donors (Lipinski definition) is 0. The van der Waals surface area contributed by atoms with Crippen LogP contribution in [0.15, 0.2) is 22.6 Å². The van der Waals surface area contributed by atoms with E-state index in [1.165, 1.54) is 0 Å². The maximum Gasteiger partial charge on any atom is 0.271 e. The van der Waals surface area contributed by atoms with Crippen LogP contribution >= 0.6 is 15.9 Å². The molecule has 0 unspecified atom stereocenters. The first-order valence-electron chi connectivity index (χ1n) is 3.66. The smallest absolute Gasteiger partial charge is 0.207 e. The molecular formula is C8H6BrF3. The van der Waals surface area contributed by atoms with Crippen LogP contribution in [0.1, 0.15) is 13.9 Å². The molecule has 0 bridgehead atoms. The summed E-state index contributed by atoms with van der Waals surface area (Å²) in [6, 6.07) is 1.29. The second-order valence-electron chi connectivity index (χ2n) is 2.43. The van der Waals surface area contributed by atoms with Crippen molar-refractivity contribution in [1.29, 1.82) is 0 Å².